The number of aromatic amines is 1. The van der Waals surface area contributed by atoms with Gasteiger partial charge in [-0.3, -0.25) is 19.4 Å². The first-order chi connectivity index (χ1) is 18.2. The zero-order valence-corrected chi connectivity index (χ0v) is 22.1. The second-order valence-corrected chi connectivity index (χ2v) is 12.1. The number of ketones is 1. The van der Waals surface area contributed by atoms with Crippen LogP contribution in [-0.4, -0.2) is 64.5 Å². The molecule has 2 aliphatic heterocycles. The molecule has 3 atom stereocenters. The van der Waals surface area contributed by atoms with Crippen molar-refractivity contribution in [2.45, 2.75) is 49.6 Å². The smallest absolute Gasteiger partial charge is 0.268 e. The molecule has 3 aromatic rings. The fourth-order valence-electron chi connectivity index (χ4n) is 5.58. The first kappa shape index (κ1) is 26.0. The van der Waals surface area contributed by atoms with Gasteiger partial charge in [-0.05, 0) is 54.7 Å². The molecule has 2 aliphatic rings. The minimum Gasteiger partial charge on any atom is -0.330 e. The quantitative estimate of drug-likeness (QED) is 0.498. The number of nitrogens with one attached hydrogen (secondary N) is 1. The van der Waals surface area contributed by atoms with Gasteiger partial charge < -0.3 is 9.88 Å². The lowest BCUT2D eigenvalue weighted by Crippen LogP contribution is -2.45. The Bertz CT molecular complexity index is 1520. The number of Topliss-reactive ketones (excluding diaryl/α,β-unsaturated/α-hetero) is 1. The summed E-state index contributed by atoms with van der Waals surface area (Å²) in [6, 6.07) is 14.5. The van der Waals surface area contributed by atoms with Gasteiger partial charge in [0.05, 0.1) is 24.2 Å². The number of hydrogen-bond donors (Lipinski definition) is 1. The number of hydrogen-bond acceptors (Lipinski definition) is 6. The first-order valence-electron chi connectivity index (χ1n) is 12.7. The van der Waals surface area contributed by atoms with E-state index < -0.39 is 38.5 Å². The van der Waals surface area contributed by atoms with Gasteiger partial charge in [0, 0.05) is 24.5 Å². The zero-order chi connectivity index (χ0) is 27.0. The van der Waals surface area contributed by atoms with Crippen LogP contribution in [0.3, 0.4) is 0 Å². The van der Waals surface area contributed by atoms with Crippen LogP contribution in [-0.2, 0) is 19.6 Å². The van der Waals surface area contributed by atoms with Crippen molar-refractivity contribution in [2.75, 3.05) is 13.1 Å². The van der Waals surface area contributed by atoms with Gasteiger partial charge in [-0.25, -0.2) is 8.42 Å². The number of fused-ring (bicyclic) bond motifs is 1. The number of pyridine rings is 2. The van der Waals surface area contributed by atoms with Gasteiger partial charge >= 0.3 is 0 Å². The maximum absolute atomic E-state index is 14.0. The van der Waals surface area contributed by atoms with E-state index in [9.17, 15) is 22.8 Å². The molecule has 5 rings (SSSR count). The first-order valence-corrected chi connectivity index (χ1v) is 14.2. The van der Waals surface area contributed by atoms with Crippen LogP contribution in [0.5, 0.6) is 0 Å². The van der Waals surface area contributed by atoms with E-state index in [-0.39, 0.29) is 30.7 Å². The Morgan fingerprint density at radius 2 is 1.92 bits per heavy atom. The summed E-state index contributed by atoms with van der Waals surface area (Å²) < 4.78 is 27.8. The number of aromatic nitrogens is 2. The second-order valence-electron chi connectivity index (χ2n) is 10.2. The molecule has 198 valence electrons. The molecule has 2 aromatic heterocycles. The number of amides is 1. The molecule has 0 spiro atoms. The molecule has 2 saturated heterocycles. The number of benzene rings is 1. The molecule has 0 saturated carbocycles. The highest BCUT2D eigenvalue weighted by atomic mass is 32.2. The van der Waals surface area contributed by atoms with E-state index in [1.54, 1.807) is 11.1 Å². The van der Waals surface area contributed by atoms with Crippen LogP contribution < -0.4 is 5.56 Å². The number of carbonyl (C=O) groups excluding carboxylic acids is 2. The molecule has 1 aromatic carbocycles. The Hall–Kier alpha value is -3.63. The van der Waals surface area contributed by atoms with Crippen molar-refractivity contribution in [3.05, 3.63) is 82.9 Å². The Balaban J connectivity index is 1.45. The molecule has 3 unspecified atom stereocenters. The van der Waals surface area contributed by atoms with Gasteiger partial charge in [0.2, 0.25) is 15.9 Å². The summed E-state index contributed by atoms with van der Waals surface area (Å²) in [6.45, 7) is 4.00. The van der Waals surface area contributed by atoms with Crippen LogP contribution in [0.25, 0.3) is 11.3 Å². The molecule has 0 radical (unpaired) electrons. The third kappa shape index (κ3) is 4.69. The fourth-order valence-corrected chi connectivity index (χ4v) is 7.25. The van der Waals surface area contributed by atoms with Gasteiger partial charge in [0.15, 0.2) is 5.78 Å². The average Bonchev–Trinajstić information content (AvgIpc) is 3.49. The van der Waals surface area contributed by atoms with Crippen molar-refractivity contribution in [3.63, 3.8) is 0 Å². The summed E-state index contributed by atoms with van der Waals surface area (Å²) in [5.41, 5.74) is 1.79. The lowest BCUT2D eigenvalue weighted by Gasteiger charge is -2.29. The van der Waals surface area contributed by atoms with E-state index in [0.717, 1.165) is 21.1 Å². The molecular weight excluding hydrogens is 504 g/mol. The van der Waals surface area contributed by atoms with Crippen LogP contribution in [0.1, 0.15) is 38.2 Å². The molecule has 1 N–H and O–H groups in total. The molecule has 10 heteroatoms. The number of carbonyl (C=O) groups is 2. The van der Waals surface area contributed by atoms with Gasteiger partial charge in [0.1, 0.15) is 10.9 Å². The Morgan fingerprint density at radius 3 is 2.63 bits per heavy atom. The Labute approximate surface area is 221 Å². The molecule has 38 heavy (non-hydrogen) atoms. The van der Waals surface area contributed by atoms with Crippen LogP contribution in [0.15, 0.2) is 76.7 Å². The third-order valence-electron chi connectivity index (χ3n) is 7.28. The minimum atomic E-state index is -4.21. The number of nitrogens with zero attached hydrogens (tertiary/aromatic N) is 3. The third-order valence-corrected chi connectivity index (χ3v) is 9.18. The standard InChI is InChI=1S/C28H30N4O5S/c1-18(2)15-21(19-7-5-8-20(16-19)22-9-3-4-12-29-22)28(35)31-14-11-23-26(31)24(33)17-32(23)38(36,37)25-10-6-13-30-27(25)34/h3-10,12-13,16,18,21,23,26H,11,14-15,17H2,1-2H3,(H,30,34). The molecular formula is C28H30N4O5S. The van der Waals surface area contributed by atoms with E-state index in [1.807, 2.05) is 56.3 Å². The van der Waals surface area contributed by atoms with Crippen molar-refractivity contribution in [1.29, 1.82) is 0 Å². The number of likely N-dealkylation sites (tertiary alicyclic amines) is 1. The van der Waals surface area contributed by atoms with E-state index in [4.69, 9.17) is 0 Å². The fraction of sp³-hybridized carbons (Fsp3) is 0.357. The normalized spacial score (nSPS) is 20.6. The van der Waals surface area contributed by atoms with Crippen LogP contribution in [0.2, 0.25) is 0 Å². The topological polar surface area (TPSA) is 121 Å². The lowest BCUT2D eigenvalue weighted by atomic mass is 9.87. The molecule has 1 amide bonds. The van der Waals surface area contributed by atoms with Gasteiger partial charge in [0.25, 0.3) is 5.56 Å². The van der Waals surface area contributed by atoms with Gasteiger partial charge in [-0.15, -0.1) is 0 Å². The zero-order valence-electron chi connectivity index (χ0n) is 21.3. The van der Waals surface area contributed by atoms with Crippen LogP contribution in [0.4, 0.5) is 0 Å². The van der Waals surface area contributed by atoms with Crippen molar-refractivity contribution >= 4 is 21.7 Å². The SMILES string of the molecule is CC(C)CC(C(=O)N1CCC2C1C(=O)CN2S(=O)(=O)c1ccc[nH]c1=O)c1cccc(-c2ccccn2)c1. The van der Waals surface area contributed by atoms with E-state index in [0.29, 0.717) is 12.8 Å². The number of rotatable bonds is 7. The van der Waals surface area contributed by atoms with Crippen molar-refractivity contribution in [2.24, 2.45) is 5.92 Å². The monoisotopic (exact) mass is 534 g/mol. The molecule has 2 fully saturated rings. The van der Waals surface area contributed by atoms with E-state index in [2.05, 4.69) is 9.97 Å². The summed E-state index contributed by atoms with van der Waals surface area (Å²) >= 11 is 0. The van der Waals surface area contributed by atoms with E-state index >= 15 is 0 Å². The Kier molecular flexibility index (Phi) is 7.02. The van der Waals surface area contributed by atoms with E-state index in [1.165, 1.54) is 18.3 Å². The minimum absolute atomic E-state index is 0.186. The van der Waals surface area contributed by atoms with Gasteiger partial charge in [-0.1, -0.05) is 38.1 Å². The highest BCUT2D eigenvalue weighted by molar-refractivity contribution is 7.89. The largest absolute Gasteiger partial charge is 0.330 e. The molecule has 9 nitrogen and oxygen atoms in total. The maximum Gasteiger partial charge on any atom is 0.268 e. The lowest BCUT2D eigenvalue weighted by molar-refractivity contribution is -0.138. The predicted octanol–water partition coefficient (Wildman–Crippen LogP) is 2.81. The Morgan fingerprint density at radius 1 is 1.11 bits per heavy atom. The average molecular weight is 535 g/mol. The van der Waals surface area contributed by atoms with Crippen molar-refractivity contribution < 1.29 is 18.0 Å². The number of sulfonamides is 1. The molecule has 0 aliphatic carbocycles. The molecule has 0 bridgehead atoms. The number of H-pyrrole nitrogens is 1. The molecule has 4 heterocycles. The van der Waals surface area contributed by atoms with Crippen molar-refractivity contribution in [3.8, 4) is 11.3 Å². The predicted molar refractivity (Wildman–Crippen MR) is 142 cm³/mol. The van der Waals surface area contributed by atoms with Crippen molar-refractivity contribution in [1.82, 2.24) is 19.2 Å². The summed E-state index contributed by atoms with van der Waals surface area (Å²) in [5, 5.41) is 0. The highest BCUT2D eigenvalue weighted by Crippen LogP contribution is 2.37. The summed E-state index contributed by atoms with van der Waals surface area (Å²) in [6.07, 6.45) is 3.98. The second kappa shape index (κ2) is 10.3. The summed E-state index contributed by atoms with van der Waals surface area (Å²) in [4.78, 5) is 47.4. The maximum atomic E-state index is 14.0. The van der Waals surface area contributed by atoms with Crippen LogP contribution in [0, 0.1) is 5.92 Å². The highest BCUT2D eigenvalue weighted by Gasteiger charge is 2.54. The van der Waals surface area contributed by atoms with Gasteiger partial charge in [-0.2, -0.15) is 4.31 Å². The summed E-state index contributed by atoms with van der Waals surface area (Å²) in [7, 11) is -4.21. The summed E-state index contributed by atoms with van der Waals surface area (Å²) in [5.74, 6) is -0.800. The van der Waals surface area contributed by atoms with Crippen LogP contribution >= 0.6 is 0 Å².